The lowest BCUT2D eigenvalue weighted by Crippen LogP contribution is -2.38. The second-order valence-electron chi connectivity index (χ2n) is 5.51. The molecule has 0 unspecified atom stereocenters. The van der Waals surface area contributed by atoms with Gasteiger partial charge in [-0.05, 0) is 6.92 Å². The molecule has 0 bridgehead atoms. The first-order valence-corrected chi connectivity index (χ1v) is 7.49. The van der Waals surface area contributed by atoms with E-state index in [1.54, 1.807) is 12.4 Å². The molecule has 0 radical (unpaired) electrons. The predicted octanol–water partition coefficient (Wildman–Crippen LogP) is 1.13. The Morgan fingerprint density at radius 2 is 2.18 bits per heavy atom. The summed E-state index contributed by atoms with van der Waals surface area (Å²) < 4.78 is 7.82. The molecule has 22 heavy (non-hydrogen) atoms. The quantitative estimate of drug-likeness (QED) is 0.913. The summed E-state index contributed by atoms with van der Waals surface area (Å²) in [5, 5.41) is 7.40. The van der Waals surface area contributed by atoms with Gasteiger partial charge in [0.25, 0.3) is 0 Å². The third kappa shape index (κ3) is 2.95. The van der Waals surface area contributed by atoms with E-state index < -0.39 is 0 Å². The highest BCUT2D eigenvalue weighted by atomic mass is 16.5. The van der Waals surface area contributed by atoms with Crippen LogP contribution in [0.1, 0.15) is 23.1 Å². The molecule has 2 aromatic rings. The standard InChI is InChI=1S/C15H22N6O/c1-11-12(8-19-20(11)3)9-21-6-7-22-13(10-21)14-15(16-2)18-5-4-17-14/h4-5,8,13H,6-7,9-10H2,1-3H3,(H,16,18)/t13-/m1/s1. The Balaban J connectivity index is 1.73. The fourth-order valence-corrected chi connectivity index (χ4v) is 2.73. The molecule has 118 valence electrons. The number of hydrogen-bond donors (Lipinski definition) is 1. The van der Waals surface area contributed by atoms with Gasteiger partial charge in [-0.1, -0.05) is 0 Å². The Labute approximate surface area is 130 Å². The topological polar surface area (TPSA) is 68.1 Å². The number of aromatic nitrogens is 4. The van der Waals surface area contributed by atoms with Crippen LogP contribution < -0.4 is 5.32 Å². The van der Waals surface area contributed by atoms with Crippen molar-refractivity contribution in [3.05, 3.63) is 35.5 Å². The average molecular weight is 302 g/mol. The smallest absolute Gasteiger partial charge is 0.150 e. The minimum atomic E-state index is -0.0538. The zero-order valence-corrected chi connectivity index (χ0v) is 13.3. The lowest BCUT2D eigenvalue weighted by atomic mass is 10.1. The summed E-state index contributed by atoms with van der Waals surface area (Å²) in [5.41, 5.74) is 3.34. The van der Waals surface area contributed by atoms with E-state index in [1.165, 1.54) is 11.3 Å². The molecule has 1 aliphatic heterocycles. The Morgan fingerprint density at radius 1 is 1.36 bits per heavy atom. The van der Waals surface area contributed by atoms with Crippen LogP contribution in [0, 0.1) is 6.92 Å². The number of hydrogen-bond acceptors (Lipinski definition) is 6. The monoisotopic (exact) mass is 302 g/mol. The molecule has 0 spiro atoms. The normalized spacial score (nSPS) is 19.3. The molecule has 1 aliphatic rings. The molecule has 1 atom stereocenters. The summed E-state index contributed by atoms with van der Waals surface area (Å²) >= 11 is 0. The molecule has 3 rings (SSSR count). The number of ether oxygens (including phenoxy) is 1. The van der Waals surface area contributed by atoms with Crippen molar-refractivity contribution in [1.82, 2.24) is 24.6 Å². The van der Waals surface area contributed by atoms with Crippen LogP contribution in [0.3, 0.4) is 0 Å². The highest BCUT2D eigenvalue weighted by Crippen LogP contribution is 2.26. The number of nitrogens with one attached hydrogen (secondary N) is 1. The van der Waals surface area contributed by atoms with Crippen molar-refractivity contribution >= 4 is 5.82 Å². The SMILES string of the molecule is CNc1nccnc1[C@H]1CN(Cc2cnn(C)c2C)CCO1. The molecule has 2 aromatic heterocycles. The Kier molecular flexibility index (Phi) is 4.35. The molecule has 1 N–H and O–H groups in total. The number of aryl methyl sites for hydroxylation is 1. The van der Waals surface area contributed by atoms with Gasteiger partial charge in [0.15, 0.2) is 0 Å². The van der Waals surface area contributed by atoms with E-state index >= 15 is 0 Å². The fourth-order valence-electron chi connectivity index (χ4n) is 2.73. The van der Waals surface area contributed by atoms with Crippen LogP contribution in [0.4, 0.5) is 5.82 Å². The maximum atomic E-state index is 5.90. The molecular weight excluding hydrogens is 280 g/mol. The van der Waals surface area contributed by atoms with Crippen molar-refractivity contribution in [3.8, 4) is 0 Å². The first-order valence-electron chi connectivity index (χ1n) is 7.49. The predicted molar refractivity (Wildman–Crippen MR) is 83.5 cm³/mol. The maximum Gasteiger partial charge on any atom is 0.150 e. The Morgan fingerprint density at radius 3 is 2.91 bits per heavy atom. The molecule has 7 heteroatoms. The van der Waals surface area contributed by atoms with Gasteiger partial charge in [0, 0.05) is 57.4 Å². The van der Waals surface area contributed by atoms with Crippen LogP contribution in [0.5, 0.6) is 0 Å². The lowest BCUT2D eigenvalue weighted by molar-refractivity contribution is -0.0348. The van der Waals surface area contributed by atoms with Gasteiger partial charge in [-0.15, -0.1) is 0 Å². The van der Waals surface area contributed by atoms with Crippen LogP contribution in [0.25, 0.3) is 0 Å². The summed E-state index contributed by atoms with van der Waals surface area (Å²) in [7, 11) is 3.83. The van der Waals surface area contributed by atoms with Gasteiger partial charge in [0.2, 0.25) is 0 Å². The summed E-state index contributed by atoms with van der Waals surface area (Å²) in [4.78, 5) is 11.1. The largest absolute Gasteiger partial charge is 0.372 e. The van der Waals surface area contributed by atoms with Crippen LogP contribution in [0.15, 0.2) is 18.6 Å². The average Bonchev–Trinajstić information content (AvgIpc) is 2.87. The summed E-state index contributed by atoms with van der Waals surface area (Å²) in [6.07, 6.45) is 5.29. The first-order chi connectivity index (χ1) is 10.7. The molecule has 0 aliphatic carbocycles. The van der Waals surface area contributed by atoms with Gasteiger partial charge in [-0.25, -0.2) is 4.98 Å². The minimum Gasteiger partial charge on any atom is -0.372 e. The number of rotatable bonds is 4. The van der Waals surface area contributed by atoms with Gasteiger partial charge in [-0.2, -0.15) is 5.10 Å². The number of nitrogens with zero attached hydrogens (tertiary/aromatic N) is 5. The van der Waals surface area contributed by atoms with Crippen molar-refractivity contribution in [2.75, 3.05) is 32.1 Å². The van der Waals surface area contributed by atoms with Crippen LogP contribution >= 0.6 is 0 Å². The van der Waals surface area contributed by atoms with Gasteiger partial charge in [0.05, 0.1) is 12.8 Å². The summed E-state index contributed by atoms with van der Waals surface area (Å²) in [5.74, 6) is 0.784. The fraction of sp³-hybridized carbons (Fsp3) is 0.533. The zero-order chi connectivity index (χ0) is 15.5. The van der Waals surface area contributed by atoms with E-state index in [1.807, 2.05) is 25.0 Å². The molecule has 0 saturated carbocycles. The van der Waals surface area contributed by atoms with E-state index in [-0.39, 0.29) is 6.10 Å². The molecule has 1 saturated heterocycles. The molecule has 1 fully saturated rings. The zero-order valence-electron chi connectivity index (χ0n) is 13.3. The summed E-state index contributed by atoms with van der Waals surface area (Å²) in [6.45, 7) is 5.40. The minimum absolute atomic E-state index is 0.0538. The van der Waals surface area contributed by atoms with Crippen molar-refractivity contribution in [3.63, 3.8) is 0 Å². The molecule has 0 amide bonds. The highest BCUT2D eigenvalue weighted by molar-refractivity contribution is 5.40. The third-order valence-electron chi connectivity index (χ3n) is 4.15. The first kappa shape index (κ1) is 14.9. The van der Waals surface area contributed by atoms with Crippen molar-refractivity contribution in [2.24, 2.45) is 7.05 Å². The molecule has 0 aromatic carbocycles. The Hall–Kier alpha value is -1.99. The Bertz CT molecular complexity index is 641. The van der Waals surface area contributed by atoms with Crippen LogP contribution in [0.2, 0.25) is 0 Å². The van der Waals surface area contributed by atoms with E-state index in [4.69, 9.17) is 4.74 Å². The summed E-state index contributed by atoms with van der Waals surface area (Å²) in [6, 6.07) is 0. The van der Waals surface area contributed by atoms with Gasteiger partial charge < -0.3 is 10.1 Å². The molecule has 7 nitrogen and oxygen atoms in total. The third-order valence-corrected chi connectivity index (χ3v) is 4.15. The maximum absolute atomic E-state index is 5.90. The van der Waals surface area contributed by atoms with Gasteiger partial charge in [-0.3, -0.25) is 14.6 Å². The second-order valence-corrected chi connectivity index (χ2v) is 5.51. The van der Waals surface area contributed by atoms with E-state index in [9.17, 15) is 0 Å². The molecular formula is C15H22N6O. The second kappa shape index (κ2) is 6.41. The van der Waals surface area contributed by atoms with E-state index in [0.29, 0.717) is 6.61 Å². The van der Waals surface area contributed by atoms with Crippen LogP contribution in [-0.2, 0) is 18.3 Å². The van der Waals surface area contributed by atoms with Crippen molar-refractivity contribution < 1.29 is 4.74 Å². The van der Waals surface area contributed by atoms with Crippen molar-refractivity contribution in [1.29, 1.82) is 0 Å². The number of anilines is 1. The van der Waals surface area contributed by atoms with E-state index in [2.05, 4.69) is 32.2 Å². The van der Waals surface area contributed by atoms with Crippen LogP contribution in [-0.4, -0.2) is 51.4 Å². The molecule has 3 heterocycles. The van der Waals surface area contributed by atoms with Gasteiger partial charge in [0.1, 0.15) is 17.6 Å². The van der Waals surface area contributed by atoms with Crippen molar-refractivity contribution in [2.45, 2.75) is 19.6 Å². The highest BCUT2D eigenvalue weighted by Gasteiger charge is 2.26. The van der Waals surface area contributed by atoms with Gasteiger partial charge >= 0.3 is 0 Å². The lowest BCUT2D eigenvalue weighted by Gasteiger charge is -2.32. The number of morpholine rings is 1. The van der Waals surface area contributed by atoms with E-state index in [0.717, 1.165) is 31.1 Å².